The Morgan fingerprint density at radius 1 is 1.04 bits per heavy atom. The second-order valence-electron chi connectivity index (χ2n) is 5.52. The molecule has 4 heterocycles. The molecule has 0 bridgehead atoms. The van der Waals surface area contributed by atoms with Gasteiger partial charge in [0.2, 0.25) is 0 Å². The Bertz CT molecular complexity index is 780. The molecule has 3 aromatic rings. The molecule has 1 fully saturated rings. The van der Waals surface area contributed by atoms with Gasteiger partial charge in [0.05, 0.1) is 17.6 Å². The Morgan fingerprint density at radius 3 is 2.71 bits per heavy atom. The molecule has 0 spiro atoms. The Labute approximate surface area is 144 Å². The first-order valence-corrected chi connectivity index (χ1v) is 8.82. The minimum Gasteiger partial charge on any atom is -0.368 e. The Balaban J connectivity index is 1.45. The first-order chi connectivity index (χ1) is 11.9. The van der Waals surface area contributed by atoms with Gasteiger partial charge < -0.3 is 15.5 Å². The summed E-state index contributed by atoms with van der Waals surface area (Å²) in [6.45, 7) is 4.09. The molecule has 0 unspecified atom stereocenters. The van der Waals surface area contributed by atoms with Crippen LogP contribution in [0.15, 0.2) is 48.1 Å². The van der Waals surface area contributed by atoms with Crippen molar-refractivity contribution in [1.82, 2.24) is 20.3 Å². The van der Waals surface area contributed by atoms with Gasteiger partial charge >= 0.3 is 0 Å². The van der Waals surface area contributed by atoms with Crippen molar-refractivity contribution in [2.45, 2.75) is 0 Å². The van der Waals surface area contributed by atoms with Crippen LogP contribution in [0.3, 0.4) is 0 Å². The molecule has 0 saturated carbocycles. The minimum absolute atomic E-state index is 0.802. The summed E-state index contributed by atoms with van der Waals surface area (Å²) < 4.78 is 0. The van der Waals surface area contributed by atoms with Crippen LogP contribution in [0.2, 0.25) is 0 Å². The van der Waals surface area contributed by atoms with Crippen molar-refractivity contribution in [1.29, 1.82) is 0 Å². The molecule has 1 aliphatic heterocycles. The molecule has 2 N–H and O–H groups in total. The van der Waals surface area contributed by atoms with Gasteiger partial charge in [-0.2, -0.15) is 0 Å². The minimum atomic E-state index is 0.802. The van der Waals surface area contributed by atoms with E-state index < -0.39 is 0 Å². The molecule has 0 aromatic carbocycles. The Morgan fingerprint density at radius 2 is 1.96 bits per heavy atom. The molecule has 0 radical (unpaired) electrons. The third-order valence-corrected chi connectivity index (χ3v) is 4.65. The highest BCUT2D eigenvalue weighted by Crippen LogP contribution is 2.26. The van der Waals surface area contributed by atoms with Gasteiger partial charge in [-0.3, -0.25) is 4.98 Å². The fourth-order valence-corrected chi connectivity index (χ4v) is 3.35. The number of anilines is 3. The predicted octanol–water partition coefficient (Wildman–Crippen LogP) is 2.75. The molecule has 122 valence electrons. The van der Waals surface area contributed by atoms with E-state index in [1.165, 1.54) is 0 Å². The van der Waals surface area contributed by atoms with E-state index >= 15 is 0 Å². The van der Waals surface area contributed by atoms with Gasteiger partial charge in [0.25, 0.3) is 0 Å². The molecule has 0 atom stereocenters. The first kappa shape index (κ1) is 15.0. The van der Waals surface area contributed by atoms with Crippen LogP contribution in [0.25, 0.3) is 11.4 Å². The van der Waals surface area contributed by atoms with E-state index in [4.69, 9.17) is 0 Å². The average molecular weight is 338 g/mol. The van der Waals surface area contributed by atoms with Crippen LogP contribution < -0.4 is 15.5 Å². The number of thiazole rings is 1. The number of aromatic nitrogens is 3. The zero-order valence-corrected chi connectivity index (χ0v) is 14.0. The van der Waals surface area contributed by atoms with Crippen LogP contribution in [-0.2, 0) is 0 Å². The van der Waals surface area contributed by atoms with E-state index in [9.17, 15) is 0 Å². The summed E-state index contributed by atoms with van der Waals surface area (Å²) in [5, 5.41) is 9.44. The lowest BCUT2D eigenvalue weighted by Gasteiger charge is -2.29. The second kappa shape index (κ2) is 6.94. The average Bonchev–Trinajstić information content (AvgIpc) is 3.12. The molecule has 7 heteroatoms. The monoisotopic (exact) mass is 338 g/mol. The molecule has 4 rings (SSSR count). The van der Waals surface area contributed by atoms with Crippen molar-refractivity contribution in [2.75, 3.05) is 36.4 Å². The highest BCUT2D eigenvalue weighted by Gasteiger charge is 2.11. The van der Waals surface area contributed by atoms with E-state index in [2.05, 4.69) is 36.6 Å². The van der Waals surface area contributed by atoms with E-state index in [1.807, 2.05) is 35.8 Å². The second-order valence-corrected chi connectivity index (χ2v) is 6.37. The molecule has 3 aromatic heterocycles. The number of hydrogen-bond acceptors (Lipinski definition) is 7. The normalized spacial score (nSPS) is 14.6. The van der Waals surface area contributed by atoms with E-state index in [1.54, 1.807) is 17.5 Å². The molecule has 24 heavy (non-hydrogen) atoms. The van der Waals surface area contributed by atoms with Crippen LogP contribution in [0.4, 0.5) is 16.6 Å². The number of nitrogens with one attached hydrogen (secondary N) is 2. The highest BCUT2D eigenvalue weighted by atomic mass is 32.1. The predicted molar refractivity (Wildman–Crippen MR) is 97.9 cm³/mol. The molecule has 6 nitrogen and oxygen atoms in total. The van der Waals surface area contributed by atoms with Crippen molar-refractivity contribution in [3.63, 3.8) is 0 Å². The molecule has 1 aliphatic rings. The summed E-state index contributed by atoms with van der Waals surface area (Å²) in [5.74, 6) is 0.802. The van der Waals surface area contributed by atoms with Crippen LogP contribution >= 0.6 is 11.3 Å². The zero-order valence-electron chi connectivity index (χ0n) is 13.1. The number of piperazine rings is 1. The topological polar surface area (TPSA) is 66.0 Å². The van der Waals surface area contributed by atoms with Crippen LogP contribution in [0, 0.1) is 0 Å². The Hall–Kier alpha value is -2.51. The first-order valence-electron chi connectivity index (χ1n) is 7.94. The smallest absolute Gasteiger partial charge is 0.188 e. The zero-order chi connectivity index (χ0) is 16.2. The number of rotatable bonds is 4. The van der Waals surface area contributed by atoms with Gasteiger partial charge in [0.1, 0.15) is 11.5 Å². The summed E-state index contributed by atoms with van der Waals surface area (Å²) in [5.41, 5.74) is 2.92. The fraction of sp³-hybridized carbons (Fsp3) is 0.235. The maximum atomic E-state index is 4.57. The van der Waals surface area contributed by atoms with Crippen molar-refractivity contribution in [2.24, 2.45) is 0 Å². The standard InChI is InChI=1S/C17H18N6S/c1-2-6-19-14(3-1)15-12-24-17(21-15)22-16-5-4-13(11-20-16)23-9-7-18-8-10-23/h1-6,11-12,18H,7-10H2,(H,20,21,22). The van der Waals surface area contributed by atoms with Crippen molar-refractivity contribution < 1.29 is 0 Å². The number of hydrogen-bond donors (Lipinski definition) is 2. The Kier molecular flexibility index (Phi) is 4.35. The lowest BCUT2D eigenvalue weighted by atomic mass is 10.3. The summed E-state index contributed by atoms with van der Waals surface area (Å²) in [6, 6.07) is 9.93. The van der Waals surface area contributed by atoms with Crippen molar-refractivity contribution >= 4 is 28.0 Å². The van der Waals surface area contributed by atoms with E-state index in [-0.39, 0.29) is 0 Å². The van der Waals surface area contributed by atoms with E-state index in [0.717, 1.165) is 54.2 Å². The van der Waals surface area contributed by atoms with Crippen molar-refractivity contribution in [3.05, 3.63) is 48.1 Å². The third-order valence-electron chi connectivity index (χ3n) is 3.90. The van der Waals surface area contributed by atoms with Crippen LogP contribution in [0.5, 0.6) is 0 Å². The number of nitrogens with zero attached hydrogens (tertiary/aromatic N) is 4. The summed E-state index contributed by atoms with van der Waals surface area (Å²) in [4.78, 5) is 15.7. The molecule has 1 saturated heterocycles. The molecular weight excluding hydrogens is 320 g/mol. The molecule has 0 amide bonds. The third kappa shape index (κ3) is 3.37. The SMILES string of the molecule is c1ccc(-c2csc(Nc3ccc(N4CCNCC4)cn3)n2)nc1. The van der Waals surface area contributed by atoms with Gasteiger partial charge in [-0.1, -0.05) is 6.07 Å². The van der Waals surface area contributed by atoms with Gasteiger partial charge in [-0.15, -0.1) is 11.3 Å². The van der Waals surface area contributed by atoms with Crippen molar-refractivity contribution in [3.8, 4) is 11.4 Å². The summed E-state index contributed by atoms with van der Waals surface area (Å²) in [6.07, 6.45) is 3.69. The quantitative estimate of drug-likeness (QED) is 0.762. The highest BCUT2D eigenvalue weighted by molar-refractivity contribution is 7.14. The van der Waals surface area contributed by atoms with Gasteiger partial charge in [0, 0.05) is 37.8 Å². The van der Waals surface area contributed by atoms with Crippen LogP contribution in [0.1, 0.15) is 0 Å². The number of pyridine rings is 2. The summed E-state index contributed by atoms with van der Waals surface area (Å²) >= 11 is 1.55. The molecular formula is C17H18N6S. The fourth-order valence-electron chi connectivity index (χ4n) is 2.64. The van der Waals surface area contributed by atoms with E-state index in [0.29, 0.717) is 0 Å². The molecule has 0 aliphatic carbocycles. The lowest BCUT2D eigenvalue weighted by Crippen LogP contribution is -2.43. The summed E-state index contributed by atoms with van der Waals surface area (Å²) in [7, 11) is 0. The van der Waals surface area contributed by atoms with Gasteiger partial charge in [0.15, 0.2) is 5.13 Å². The van der Waals surface area contributed by atoms with Gasteiger partial charge in [-0.25, -0.2) is 9.97 Å². The largest absolute Gasteiger partial charge is 0.368 e. The van der Waals surface area contributed by atoms with Gasteiger partial charge in [-0.05, 0) is 24.3 Å². The maximum absolute atomic E-state index is 4.57. The van der Waals surface area contributed by atoms with Crippen LogP contribution in [-0.4, -0.2) is 41.1 Å². The maximum Gasteiger partial charge on any atom is 0.188 e. The lowest BCUT2D eigenvalue weighted by molar-refractivity contribution is 0.589.